The van der Waals surface area contributed by atoms with Crippen LogP contribution in [0.25, 0.3) is 16.5 Å². The van der Waals surface area contributed by atoms with E-state index in [1.165, 1.54) is 16.5 Å². The maximum absolute atomic E-state index is 12.9. The van der Waals surface area contributed by atoms with E-state index in [4.69, 9.17) is 0 Å². The topological polar surface area (TPSA) is 56.4 Å². The molecule has 0 atom stereocenters. The third-order valence-electron chi connectivity index (χ3n) is 5.50. The van der Waals surface area contributed by atoms with E-state index in [0.29, 0.717) is 32.1 Å². The van der Waals surface area contributed by atoms with E-state index in [-0.39, 0.29) is 0 Å². The summed E-state index contributed by atoms with van der Waals surface area (Å²) >= 11 is 0. The van der Waals surface area contributed by atoms with Gasteiger partial charge in [0, 0.05) is 48.8 Å². The van der Waals surface area contributed by atoms with Crippen LogP contribution in [0.4, 0.5) is 0 Å². The summed E-state index contributed by atoms with van der Waals surface area (Å²) in [6, 6.07) is 8.24. The summed E-state index contributed by atoms with van der Waals surface area (Å²) in [6.45, 7) is 4.52. The van der Waals surface area contributed by atoms with Crippen LogP contribution < -0.4 is 0 Å². The van der Waals surface area contributed by atoms with Gasteiger partial charge in [0.1, 0.15) is 0 Å². The number of fused-ring (bicyclic) bond motifs is 1. The molecule has 0 unspecified atom stereocenters. The van der Waals surface area contributed by atoms with Gasteiger partial charge in [-0.15, -0.1) is 0 Å². The molecule has 0 aliphatic carbocycles. The fourth-order valence-electron chi connectivity index (χ4n) is 3.82. The van der Waals surface area contributed by atoms with Gasteiger partial charge in [-0.1, -0.05) is 31.2 Å². The van der Waals surface area contributed by atoms with Gasteiger partial charge in [0.05, 0.1) is 0 Å². The van der Waals surface area contributed by atoms with Crippen molar-refractivity contribution >= 4 is 26.7 Å². The molecule has 2 aliphatic rings. The average Bonchev–Trinajstić information content (AvgIpc) is 3.06. The normalized spacial score (nSPS) is 21.6. The number of rotatable bonds is 3. The summed E-state index contributed by atoms with van der Waals surface area (Å²) < 4.78 is 29.0. The first-order valence-corrected chi connectivity index (χ1v) is 10.5. The fourth-order valence-corrected chi connectivity index (χ4v) is 5.40. The first kappa shape index (κ1) is 16.8. The molecule has 1 aromatic heterocycles. The molecule has 1 fully saturated rings. The predicted octanol–water partition coefficient (Wildman–Crippen LogP) is 3.23. The Morgan fingerprint density at radius 3 is 2.56 bits per heavy atom. The summed E-state index contributed by atoms with van der Waals surface area (Å²) in [6.07, 6.45) is 6.79. The molecule has 4 rings (SSSR count). The molecule has 25 heavy (non-hydrogen) atoms. The van der Waals surface area contributed by atoms with Crippen LogP contribution in [0.15, 0.2) is 36.5 Å². The van der Waals surface area contributed by atoms with Crippen LogP contribution >= 0.6 is 0 Å². The molecular weight excluding hydrogens is 334 g/mol. The van der Waals surface area contributed by atoms with Crippen molar-refractivity contribution in [1.82, 2.24) is 13.6 Å². The van der Waals surface area contributed by atoms with E-state index >= 15 is 0 Å². The number of benzene rings is 1. The minimum atomic E-state index is -3.33. The van der Waals surface area contributed by atoms with Gasteiger partial charge in [-0.2, -0.15) is 17.0 Å². The molecule has 0 spiro atoms. The van der Waals surface area contributed by atoms with Gasteiger partial charge < -0.3 is 4.98 Å². The Morgan fingerprint density at radius 1 is 1.08 bits per heavy atom. The average molecular weight is 359 g/mol. The van der Waals surface area contributed by atoms with Gasteiger partial charge in [0.2, 0.25) is 0 Å². The number of H-pyrrole nitrogens is 1. The zero-order chi connectivity index (χ0) is 17.4. The highest BCUT2D eigenvalue weighted by atomic mass is 32.2. The highest BCUT2D eigenvalue weighted by Crippen LogP contribution is 2.30. The van der Waals surface area contributed by atoms with Gasteiger partial charge >= 0.3 is 0 Å². The first-order chi connectivity index (χ1) is 12.1. The Kier molecular flexibility index (Phi) is 4.43. The third-order valence-corrected chi connectivity index (χ3v) is 7.50. The highest BCUT2D eigenvalue weighted by molar-refractivity contribution is 7.86. The fraction of sp³-hybridized carbons (Fsp3) is 0.474. The lowest BCUT2D eigenvalue weighted by molar-refractivity contribution is 0.267. The Balaban J connectivity index is 1.52. The lowest BCUT2D eigenvalue weighted by Gasteiger charge is -2.35. The van der Waals surface area contributed by atoms with E-state index in [1.54, 1.807) is 8.61 Å². The summed E-state index contributed by atoms with van der Waals surface area (Å²) in [5.41, 5.74) is 3.55. The minimum absolute atomic E-state index is 0.462. The molecule has 5 nitrogen and oxygen atoms in total. The monoisotopic (exact) mass is 359 g/mol. The van der Waals surface area contributed by atoms with Gasteiger partial charge in [-0.05, 0) is 36.8 Å². The quantitative estimate of drug-likeness (QED) is 0.915. The molecule has 0 bridgehead atoms. The Morgan fingerprint density at radius 2 is 1.84 bits per heavy atom. The van der Waals surface area contributed by atoms with Crippen LogP contribution in [0.1, 0.15) is 31.7 Å². The second-order valence-corrected chi connectivity index (χ2v) is 9.10. The highest BCUT2D eigenvalue weighted by Gasteiger charge is 2.33. The number of hydrogen-bond acceptors (Lipinski definition) is 2. The molecule has 3 heterocycles. The van der Waals surface area contributed by atoms with E-state index in [0.717, 1.165) is 24.8 Å². The van der Waals surface area contributed by atoms with E-state index in [9.17, 15) is 8.42 Å². The molecule has 2 aliphatic heterocycles. The van der Waals surface area contributed by atoms with Gasteiger partial charge in [0.15, 0.2) is 0 Å². The third kappa shape index (κ3) is 3.14. The predicted molar refractivity (Wildman–Crippen MR) is 101 cm³/mol. The van der Waals surface area contributed by atoms with Crippen molar-refractivity contribution < 1.29 is 8.42 Å². The molecular formula is C19H25N3O2S. The Bertz CT molecular complexity index is 892. The molecule has 1 N–H and O–H groups in total. The van der Waals surface area contributed by atoms with Crippen LogP contribution in [0.3, 0.4) is 0 Å². The Labute approximate surface area is 149 Å². The van der Waals surface area contributed by atoms with Crippen molar-refractivity contribution in [2.75, 3.05) is 26.2 Å². The van der Waals surface area contributed by atoms with Crippen LogP contribution in [-0.4, -0.2) is 48.2 Å². The number of nitrogens with zero attached hydrogens (tertiary/aromatic N) is 2. The minimum Gasteiger partial charge on any atom is -0.361 e. The van der Waals surface area contributed by atoms with Crippen molar-refractivity contribution in [3.8, 4) is 0 Å². The van der Waals surface area contributed by atoms with Crippen LogP contribution in [0.5, 0.6) is 0 Å². The van der Waals surface area contributed by atoms with Crippen molar-refractivity contribution in [3.05, 3.63) is 42.1 Å². The van der Waals surface area contributed by atoms with Gasteiger partial charge in [0.25, 0.3) is 10.2 Å². The molecule has 1 aromatic carbocycles. The summed E-state index contributed by atoms with van der Waals surface area (Å²) in [4.78, 5) is 3.30. The number of para-hydroxylation sites is 1. The van der Waals surface area contributed by atoms with Gasteiger partial charge in [-0.3, -0.25) is 0 Å². The molecule has 0 radical (unpaired) electrons. The standard InChI is InChI=1S/C19H25N3O2S/c1-15-6-10-21(11-7-15)25(23,24)22-12-8-16(9-13-22)18-14-20-19-5-3-2-4-17(18)19/h2-5,8,14-15,20H,6-7,9-13H2,1H3. The lowest BCUT2D eigenvalue weighted by atomic mass is 10.00. The van der Waals surface area contributed by atoms with Crippen LogP contribution in [-0.2, 0) is 10.2 Å². The van der Waals surface area contributed by atoms with Crippen molar-refractivity contribution in [3.63, 3.8) is 0 Å². The summed E-state index contributed by atoms with van der Waals surface area (Å²) in [5, 5.41) is 1.20. The smallest absolute Gasteiger partial charge is 0.282 e. The number of aromatic amines is 1. The molecule has 1 saturated heterocycles. The maximum Gasteiger partial charge on any atom is 0.282 e. The molecule has 6 heteroatoms. The molecule has 134 valence electrons. The van der Waals surface area contributed by atoms with E-state index in [2.05, 4.69) is 30.1 Å². The van der Waals surface area contributed by atoms with Crippen molar-refractivity contribution in [2.45, 2.75) is 26.2 Å². The second-order valence-electron chi connectivity index (χ2n) is 7.17. The summed E-state index contributed by atoms with van der Waals surface area (Å²) in [5.74, 6) is 0.626. The Hall–Kier alpha value is -1.63. The van der Waals surface area contributed by atoms with Crippen LogP contribution in [0.2, 0.25) is 0 Å². The molecule has 0 amide bonds. The SMILES string of the molecule is CC1CCN(S(=O)(=O)N2CC=C(c3c[nH]c4ccccc34)CC2)CC1. The first-order valence-electron chi connectivity index (χ1n) is 9.06. The van der Waals surface area contributed by atoms with E-state index < -0.39 is 10.2 Å². The maximum atomic E-state index is 12.9. The van der Waals surface area contributed by atoms with Crippen molar-refractivity contribution in [1.29, 1.82) is 0 Å². The van der Waals surface area contributed by atoms with Crippen molar-refractivity contribution in [2.24, 2.45) is 5.92 Å². The van der Waals surface area contributed by atoms with Crippen LogP contribution in [0, 0.1) is 5.92 Å². The number of aromatic nitrogens is 1. The van der Waals surface area contributed by atoms with E-state index in [1.807, 2.05) is 18.3 Å². The van der Waals surface area contributed by atoms with Gasteiger partial charge in [-0.25, -0.2) is 0 Å². The zero-order valence-corrected chi connectivity index (χ0v) is 15.4. The summed E-state index contributed by atoms with van der Waals surface area (Å²) in [7, 11) is -3.33. The largest absolute Gasteiger partial charge is 0.361 e. The molecule has 0 saturated carbocycles. The molecule has 2 aromatic rings. The lowest BCUT2D eigenvalue weighted by Crippen LogP contribution is -2.48. The number of hydrogen-bond donors (Lipinski definition) is 1. The second kappa shape index (κ2) is 6.59. The zero-order valence-electron chi connectivity index (χ0n) is 14.6. The number of piperidine rings is 1. The number of nitrogens with one attached hydrogen (secondary N) is 1.